The molecule has 1 N–H and O–H groups in total. The molecule has 6 heteroatoms. The zero-order valence-corrected chi connectivity index (χ0v) is 12.6. The van der Waals surface area contributed by atoms with E-state index in [1.807, 2.05) is 31.2 Å². The van der Waals surface area contributed by atoms with Crippen molar-refractivity contribution in [1.29, 1.82) is 0 Å². The molecule has 0 atom stereocenters. The first-order valence-electron chi connectivity index (χ1n) is 6.79. The molecule has 2 aromatic heterocycles. The van der Waals surface area contributed by atoms with Crippen LogP contribution in [0, 0.1) is 6.92 Å². The normalized spacial score (nSPS) is 10.5. The summed E-state index contributed by atoms with van der Waals surface area (Å²) in [6, 6.07) is 7.72. The van der Waals surface area contributed by atoms with Gasteiger partial charge in [0.2, 0.25) is 0 Å². The van der Waals surface area contributed by atoms with Crippen molar-refractivity contribution in [3.63, 3.8) is 0 Å². The minimum atomic E-state index is 0.668. The number of benzene rings is 1. The van der Waals surface area contributed by atoms with Crippen molar-refractivity contribution in [3.05, 3.63) is 42.2 Å². The van der Waals surface area contributed by atoms with E-state index in [4.69, 9.17) is 9.47 Å². The number of H-pyrrole nitrogens is 1. The van der Waals surface area contributed by atoms with E-state index >= 15 is 0 Å². The summed E-state index contributed by atoms with van der Waals surface area (Å²) in [6.45, 7) is 1.97. The van der Waals surface area contributed by atoms with Crippen LogP contribution >= 0.6 is 0 Å². The second-order valence-electron chi connectivity index (χ2n) is 4.80. The van der Waals surface area contributed by atoms with E-state index in [9.17, 15) is 0 Å². The summed E-state index contributed by atoms with van der Waals surface area (Å²) in [5, 5.41) is 11.1. The Balaban J connectivity index is 2.14. The molecule has 0 aliphatic rings. The van der Waals surface area contributed by atoms with Crippen molar-refractivity contribution in [1.82, 2.24) is 20.4 Å². The van der Waals surface area contributed by atoms with Crippen LogP contribution in [0.4, 0.5) is 0 Å². The smallest absolute Gasteiger partial charge is 0.163 e. The van der Waals surface area contributed by atoms with Crippen LogP contribution in [0.3, 0.4) is 0 Å². The minimum absolute atomic E-state index is 0.668. The van der Waals surface area contributed by atoms with Gasteiger partial charge in [-0.2, -0.15) is 0 Å². The molecular weight excluding hydrogens is 280 g/mol. The molecule has 0 saturated carbocycles. The lowest BCUT2D eigenvalue weighted by Gasteiger charge is -2.12. The summed E-state index contributed by atoms with van der Waals surface area (Å²) in [4.78, 5) is 4.03. The molecule has 0 aliphatic carbocycles. The molecule has 0 spiro atoms. The number of aryl methyl sites for hydroxylation is 1. The molecule has 0 radical (unpaired) electrons. The van der Waals surface area contributed by atoms with Crippen LogP contribution in [0.5, 0.6) is 11.5 Å². The minimum Gasteiger partial charge on any atom is -0.493 e. The van der Waals surface area contributed by atoms with Gasteiger partial charge in [-0.15, -0.1) is 5.10 Å². The highest BCUT2D eigenvalue weighted by Gasteiger charge is 2.16. The largest absolute Gasteiger partial charge is 0.493 e. The Hall–Kier alpha value is -2.89. The highest BCUT2D eigenvalue weighted by atomic mass is 16.5. The Bertz CT molecular complexity index is 784. The molecule has 0 bridgehead atoms. The van der Waals surface area contributed by atoms with E-state index in [0.717, 1.165) is 33.8 Å². The highest BCUT2D eigenvalue weighted by molar-refractivity contribution is 5.79. The molecule has 3 aromatic rings. The van der Waals surface area contributed by atoms with E-state index in [2.05, 4.69) is 20.4 Å². The van der Waals surface area contributed by atoms with E-state index in [-0.39, 0.29) is 0 Å². The molecule has 0 saturated heterocycles. The maximum atomic E-state index is 5.41. The fourth-order valence-electron chi connectivity index (χ4n) is 2.44. The monoisotopic (exact) mass is 296 g/mol. The van der Waals surface area contributed by atoms with Crippen LogP contribution in [-0.4, -0.2) is 34.6 Å². The Kier molecular flexibility index (Phi) is 3.74. The quantitative estimate of drug-likeness (QED) is 0.801. The number of hydrogen-bond donors (Lipinski definition) is 1. The molecular formula is C16H16N4O2. The number of hydrogen-bond acceptors (Lipinski definition) is 5. The fraction of sp³-hybridized carbons (Fsp3) is 0.188. The van der Waals surface area contributed by atoms with Crippen LogP contribution in [0.1, 0.15) is 5.56 Å². The van der Waals surface area contributed by atoms with Crippen molar-refractivity contribution in [2.24, 2.45) is 0 Å². The SMILES string of the molecule is COc1cc(-c2nn[nH]c2-c2ccncc2)cc(C)c1OC. The first-order chi connectivity index (χ1) is 10.7. The number of ether oxygens (including phenoxy) is 2. The standard InChI is InChI=1S/C16H16N4O2/c1-10-8-12(9-13(21-2)16(10)22-3)15-14(18-20-19-15)11-4-6-17-7-5-11/h4-9H,1-3H3,(H,18,19,20). The van der Waals surface area contributed by atoms with Crippen LogP contribution in [0.2, 0.25) is 0 Å². The second-order valence-corrected chi connectivity index (χ2v) is 4.80. The average molecular weight is 296 g/mol. The number of pyridine rings is 1. The van der Waals surface area contributed by atoms with Crippen LogP contribution in [-0.2, 0) is 0 Å². The Morgan fingerprint density at radius 3 is 2.45 bits per heavy atom. The summed E-state index contributed by atoms with van der Waals surface area (Å²) in [5.41, 5.74) is 4.46. The maximum absolute atomic E-state index is 5.41. The van der Waals surface area contributed by atoms with E-state index < -0.39 is 0 Å². The van der Waals surface area contributed by atoms with Crippen molar-refractivity contribution in [3.8, 4) is 34.0 Å². The van der Waals surface area contributed by atoms with Gasteiger partial charge in [-0.1, -0.05) is 5.21 Å². The van der Waals surface area contributed by atoms with Crippen LogP contribution < -0.4 is 9.47 Å². The molecule has 22 heavy (non-hydrogen) atoms. The summed E-state index contributed by atoms with van der Waals surface area (Å²) in [6.07, 6.45) is 3.47. The van der Waals surface area contributed by atoms with Gasteiger partial charge in [0.15, 0.2) is 11.5 Å². The molecule has 2 heterocycles. The van der Waals surface area contributed by atoms with Gasteiger partial charge in [-0.25, -0.2) is 0 Å². The lowest BCUT2D eigenvalue weighted by molar-refractivity contribution is 0.353. The Morgan fingerprint density at radius 1 is 1.00 bits per heavy atom. The number of nitrogens with one attached hydrogen (secondary N) is 1. The molecule has 112 valence electrons. The number of aromatic amines is 1. The average Bonchev–Trinajstić information content (AvgIpc) is 3.04. The highest BCUT2D eigenvalue weighted by Crippen LogP contribution is 2.37. The van der Waals surface area contributed by atoms with Gasteiger partial charge in [0.05, 0.1) is 19.9 Å². The van der Waals surface area contributed by atoms with Gasteiger partial charge in [-0.3, -0.25) is 10.1 Å². The summed E-state index contributed by atoms with van der Waals surface area (Å²) >= 11 is 0. The van der Waals surface area contributed by atoms with Crippen LogP contribution in [0.25, 0.3) is 22.5 Å². The van der Waals surface area contributed by atoms with E-state index in [1.54, 1.807) is 26.6 Å². The molecule has 6 nitrogen and oxygen atoms in total. The first kappa shape index (κ1) is 14.1. The van der Waals surface area contributed by atoms with Crippen molar-refractivity contribution < 1.29 is 9.47 Å². The third kappa shape index (κ3) is 2.39. The summed E-state index contributed by atoms with van der Waals surface area (Å²) in [7, 11) is 3.25. The number of methoxy groups -OCH3 is 2. The van der Waals surface area contributed by atoms with Gasteiger partial charge < -0.3 is 9.47 Å². The fourth-order valence-corrected chi connectivity index (χ4v) is 2.44. The number of aromatic nitrogens is 4. The molecule has 0 aliphatic heterocycles. The predicted molar refractivity (Wildman–Crippen MR) is 82.9 cm³/mol. The molecule has 0 unspecified atom stereocenters. The van der Waals surface area contributed by atoms with E-state index in [0.29, 0.717) is 5.75 Å². The third-order valence-electron chi connectivity index (χ3n) is 3.46. The van der Waals surface area contributed by atoms with Gasteiger partial charge in [-0.05, 0) is 36.8 Å². The van der Waals surface area contributed by atoms with Gasteiger partial charge in [0, 0.05) is 23.5 Å². The van der Waals surface area contributed by atoms with E-state index in [1.165, 1.54) is 0 Å². The third-order valence-corrected chi connectivity index (χ3v) is 3.46. The van der Waals surface area contributed by atoms with Crippen molar-refractivity contribution in [2.75, 3.05) is 14.2 Å². The first-order valence-corrected chi connectivity index (χ1v) is 6.79. The van der Waals surface area contributed by atoms with Crippen molar-refractivity contribution in [2.45, 2.75) is 6.92 Å². The molecule has 0 amide bonds. The Labute approximate surface area is 128 Å². The molecule has 0 fully saturated rings. The van der Waals surface area contributed by atoms with Gasteiger partial charge in [0.25, 0.3) is 0 Å². The van der Waals surface area contributed by atoms with Crippen molar-refractivity contribution >= 4 is 0 Å². The van der Waals surface area contributed by atoms with Gasteiger partial charge >= 0.3 is 0 Å². The zero-order valence-electron chi connectivity index (χ0n) is 12.6. The lowest BCUT2D eigenvalue weighted by Crippen LogP contribution is -1.95. The number of rotatable bonds is 4. The number of nitrogens with zero attached hydrogens (tertiary/aromatic N) is 3. The second kappa shape index (κ2) is 5.85. The van der Waals surface area contributed by atoms with Gasteiger partial charge in [0.1, 0.15) is 5.69 Å². The topological polar surface area (TPSA) is 72.9 Å². The predicted octanol–water partition coefficient (Wildman–Crippen LogP) is 2.86. The lowest BCUT2D eigenvalue weighted by atomic mass is 10.0. The molecule has 3 rings (SSSR count). The van der Waals surface area contributed by atoms with Crippen LogP contribution in [0.15, 0.2) is 36.7 Å². The maximum Gasteiger partial charge on any atom is 0.163 e. The Morgan fingerprint density at radius 2 is 1.77 bits per heavy atom. The zero-order chi connectivity index (χ0) is 15.5. The molecule has 1 aromatic carbocycles. The summed E-state index contributed by atoms with van der Waals surface area (Å²) < 4.78 is 10.8. The summed E-state index contributed by atoms with van der Waals surface area (Å²) in [5.74, 6) is 1.39.